The van der Waals surface area contributed by atoms with Crippen LogP contribution in [-0.2, 0) is 9.59 Å². The molecular formula is C12H14Cl2N2O3. The number of hydrogen-bond acceptors (Lipinski definition) is 3. The quantitative estimate of drug-likeness (QED) is 0.876. The largest absolute Gasteiger partial charge is 0.480 e. The lowest BCUT2D eigenvalue weighted by Gasteiger charge is -2.19. The van der Waals surface area contributed by atoms with E-state index in [2.05, 4.69) is 5.32 Å². The highest BCUT2D eigenvalue weighted by molar-refractivity contribution is 6.35. The molecule has 104 valence electrons. The molecule has 0 saturated heterocycles. The number of nitrogens with zero attached hydrogens (tertiary/aromatic N) is 1. The van der Waals surface area contributed by atoms with Gasteiger partial charge in [-0.3, -0.25) is 14.5 Å². The van der Waals surface area contributed by atoms with E-state index in [1.165, 1.54) is 11.0 Å². The van der Waals surface area contributed by atoms with Crippen LogP contribution in [0.4, 0.5) is 5.69 Å². The van der Waals surface area contributed by atoms with E-state index in [1.807, 2.05) is 0 Å². The third-order valence-electron chi connectivity index (χ3n) is 2.49. The van der Waals surface area contributed by atoms with Crippen LogP contribution >= 0.6 is 23.2 Å². The topological polar surface area (TPSA) is 69.6 Å². The van der Waals surface area contributed by atoms with Crippen molar-refractivity contribution in [3.05, 3.63) is 28.2 Å². The lowest BCUT2D eigenvalue weighted by atomic mass is 10.2. The smallest absolute Gasteiger partial charge is 0.321 e. The van der Waals surface area contributed by atoms with Gasteiger partial charge in [0.05, 0.1) is 17.1 Å². The lowest BCUT2D eigenvalue weighted by Crippen LogP contribution is -2.38. The van der Waals surface area contributed by atoms with E-state index in [-0.39, 0.29) is 6.42 Å². The first-order chi connectivity index (χ1) is 8.81. The SMILES string of the molecule is CN(C)C(CC(=O)Nc1cc(Cl)ccc1Cl)C(=O)O. The van der Waals surface area contributed by atoms with Crippen LogP contribution in [0.2, 0.25) is 10.0 Å². The molecule has 5 nitrogen and oxygen atoms in total. The van der Waals surface area contributed by atoms with Crippen LogP contribution in [0.5, 0.6) is 0 Å². The first-order valence-corrected chi connectivity index (χ1v) is 6.21. The Morgan fingerprint density at radius 2 is 2.00 bits per heavy atom. The van der Waals surface area contributed by atoms with Gasteiger partial charge in [-0.25, -0.2) is 0 Å². The molecule has 0 radical (unpaired) electrons. The van der Waals surface area contributed by atoms with Gasteiger partial charge in [-0.15, -0.1) is 0 Å². The number of amides is 1. The molecule has 0 aliphatic rings. The summed E-state index contributed by atoms with van der Waals surface area (Å²) in [6.45, 7) is 0. The van der Waals surface area contributed by atoms with Crippen LogP contribution in [0.15, 0.2) is 18.2 Å². The molecule has 2 N–H and O–H groups in total. The lowest BCUT2D eigenvalue weighted by molar-refractivity contribution is -0.144. The predicted molar refractivity (Wildman–Crippen MR) is 74.8 cm³/mol. The Kier molecular flexibility index (Phi) is 5.60. The summed E-state index contributed by atoms with van der Waals surface area (Å²) in [5.74, 6) is -1.50. The van der Waals surface area contributed by atoms with Crippen LogP contribution < -0.4 is 5.32 Å². The maximum absolute atomic E-state index is 11.8. The number of anilines is 1. The summed E-state index contributed by atoms with van der Waals surface area (Å²) in [6, 6.07) is 3.77. The summed E-state index contributed by atoms with van der Waals surface area (Å²) in [7, 11) is 3.19. The summed E-state index contributed by atoms with van der Waals surface area (Å²) in [6.07, 6.45) is -0.175. The summed E-state index contributed by atoms with van der Waals surface area (Å²) in [5, 5.41) is 12.3. The molecule has 0 aromatic heterocycles. The number of hydrogen-bond donors (Lipinski definition) is 2. The second-order valence-corrected chi connectivity index (χ2v) is 5.04. The molecule has 1 rings (SSSR count). The Bertz CT molecular complexity index is 492. The second-order valence-electron chi connectivity index (χ2n) is 4.19. The molecular weight excluding hydrogens is 291 g/mol. The van der Waals surface area contributed by atoms with E-state index in [9.17, 15) is 9.59 Å². The molecule has 0 fully saturated rings. The summed E-state index contributed by atoms with van der Waals surface area (Å²) >= 11 is 11.7. The van der Waals surface area contributed by atoms with Crippen molar-refractivity contribution in [2.75, 3.05) is 19.4 Å². The Labute approximate surface area is 121 Å². The van der Waals surface area contributed by atoms with Crippen molar-refractivity contribution in [1.29, 1.82) is 0 Å². The van der Waals surface area contributed by atoms with E-state index < -0.39 is 17.9 Å². The number of halogens is 2. The van der Waals surface area contributed by atoms with Gasteiger partial charge in [0.2, 0.25) is 5.91 Å². The van der Waals surface area contributed by atoms with E-state index >= 15 is 0 Å². The van der Waals surface area contributed by atoms with E-state index in [0.717, 1.165) is 0 Å². The van der Waals surface area contributed by atoms with Gasteiger partial charge in [0.15, 0.2) is 0 Å². The van der Waals surface area contributed by atoms with Gasteiger partial charge in [-0.1, -0.05) is 23.2 Å². The van der Waals surface area contributed by atoms with Gasteiger partial charge in [-0.2, -0.15) is 0 Å². The molecule has 0 spiro atoms. The van der Waals surface area contributed by atoms with Gasteiger partial charge in [-0.05, 0) is 32.3 Å². The minimum atomic E-state index is -1.06. The Morgan fingerprint density at radius 3 is 2.53 bits per heavy atom. The molecule has 1 amide bonds. The first-order valence-electron chi connectivity index (χ1n) is 5.45. The predicted octanol–water partition coefficient (Wildman–Crippen LogP) is 2.34. The number of carbonyl (C=O) groups excluding carboxylic acids is 1. The van der Waals surface area contributed by atoms with Crippen LogP contribution in [0.3, 0.4) is 0 Å². The molecule has 1 aromatic rings. The number of benzene rings is 1. The van der Waals surface area contributed by atoms with Crippen molar-refractivity contribution < 1.29 is 14.7 Å². The number of likely N-dealkylation sites (N-methyl/N-ethyl adjacent to an activating group) is 1. The standard InChI is InChI=1S/C12H14Cl2N2O3/c1-16(2)10(12(18)19)6-11(17)15-9-5-7(13)3-4-8(9)14/h3-5,10H,6H2,1-2H3,(H,15,17)(H,18,19). The zero-order valence-corrected chi connectivity index (χ0v) is 12.0. The van der Waals surface area contributed by atoms with Crippen molar-refractivity contribution in [2.45, 2.75) is 12.5 Å². The monoisotopic (exact) mass is 304 g/mol. The zero-order valence-electron chi connectivity index (χ0n) is 10.5. The summed E-state index contributed by atoms with van der Waals surface area (Å²) < 4.78 is 0. The molecule has 1 unspecified atom stereocenters. The van der Waals surface area contributed by atoms with Gasteiger partial charge in [0.25, 0.3) is 0 Å². The van der Waals surface area contributed by atoms with Crippen molar-refractivity contribution >= 4 is 40.8 Å². The number of carbonyl (C=O) groups is 2. The molecule has 1 atom stereocenters. The minimum Gasteiger partial charge on any atom is -0.480 e. The number of rotatable bonds is 5. The van der Waals surface area contributed by atoms with Crippen LogP contribution in [0.1, 0.15) is 6.42 Å². The molecule has 19 heavy (non-hydrogen) atoms. The second kappa shape index (κ2) is 6.75. The Morgan fingerprint density at radius 1 is 1.37 bits per heavy atom. The molecule has 0 aliphatic carbocycles. The number of nitrogens with one attached hydrogen (secondary N) is 1. The molecule has 0 saturated carbocycles. The molecule has 0 bridgehead atoms. The van der Waals surface area contributed by atoms with E-state index in [4.69, 9.17) is 28.3 Å². The fourth-order valence-corrected chi connectivity index (χ4v) is 1.80. The van der Waals surface area contributed by atoms with Gasteiger partial charge < -0.3 is 10.4 Å². The van der Waals surface area contributed by atoms with Crippen LogP contribution in [0.25, 0.3) is 0 Å². The summed E-state index contributed by atoms with van der Waals surface area (Å²) in [5.41, 5.74) is 0.363. The van der Waals surface area contributed by atoms with Crippen molar-refractivity contribution in [3.8, 4) is 0 Å². The first kappa shape index (κ1) is 15.8. The maximum Gasteiger partial charge on any atom is 0.321 e. The van der Waals surface area contributed by atoms with Crippen molar-refractivity contribution in [1.82, 2.24) is 4.90 Å². The third-order valence-corrected chi connectivity index (χ3v) is 3.05. The van der Waals surface area contributed by atoms with E-state index in [0.29, 0.717) is 15.7 Å². The van der Waals surface area contributed by atoms with Gasteiger partial charge in [0, 0.05) is 5.02 Å². The fraction of sp³-hybridized carbons (Fsp3) is 0.333. The van der Waals surface area contributed by atoms with E-state index in [1.54, 1.807) is 26.2 Å². The fourth-order valence-electron chi connectivity index (χ4n) is 1.46. The molecule has 0 aliphatic heterocycles. The van der Waals surface area contributed by atoms with Crippen LogP contribution in [-0.4, -0.2) is 42.0 Å². The van der Waals surface area contributed by atoms with Crippen LogP contribution in [0, 0.1) is 0 Å². The number of carboxylic acids is 1. The highest BCUT2D eigenvalue weighted by Gasteiger charge is 2.23. The normalized spacial score (nSPS) is 12.3. The van der Waals surface area contributed by atoms with Crippen molar-refractivity contribution in [3.63, 3.8) is 0 Å². The maximum atomic E-state index is 11.8. The third kappa shape index (κ3) is 4.70. The highest BCUT2D eigenvalue weighted by atomic mass is 35.5. The average Bonchev–Trinajstić information content (AvgIpc) is 2.30. The molecule has 1 aromatic carbocycles. The Balaban J connectivity index is 2.74. The number of carboxylic acid groups (broad SMARTS) is 1. The minimum absolute atomic E-state index is 0.175. The van der Waals surface area contributed by atoms with Gasteiger partial charge in [0.1, 0.15) is 6.04 Å². The molecule has 7 heteroatoms. The Hall–Kier alpha value is -1.30. The van der Waals surface area contributed by atoms with Gasteiger partial charge >= 0.3 is 5.97 Å². The summed E-state index contributed by atoms with van der Waals surface area (Å²) in [4.78, 5) is 24.2. The highest BCUT2D eigenvalue weighted by Crippen LogP contribution is 2.25. The average molecular weight is 305 g/mol. The zero-order chi connectivity index (χ0) is 14.6. The number of aliphatic carboxylic acids is 1. The van der Waals surface area contributed by atoms with Crippen molar-refractivity contribution in [2.24, 2.45) is 0 Å². The molecule has 0 heterocycles.